The van der Waals surface area contributed by atoms with Gasteiger partial charge in [-0.1, -0.05) is 40.3 Å². The molecule has 0 N–H and O–H groups in total. The number of hydrogen-bond acceptors (Lipinski definition) is 5. The van der Waals surface area contributed by atoms with Crippen LogP contribution in [0.4, 0.5) is 0 Å². The third-order valence-corrected chi connectivity index (χ3v) is 8.19. The van der Waals surface area contributed by atoms with Gasteiger partial charge in [-0.05, 0) is 43.9 Å². The third kappa shape index (κ3) is 5.93. The molecule has 2 amide bonds. The number of allylic oxidation sites excluding steroid dienone is 1. The van der Waals surface area contributed by atoms with Crippen LogP contribution in [0.25, 0.3) is 10.2 Å². The SMILES string of the molecule is C=CCn1c(=NC(=O)CS(=O)(=O)CC(=O)N2CCCCC2CC)sc2cc(Br)ccc21. The summed E-state index contributed by atoms with van der Waals surface area (Å²) in [6.07, 6.45) is 5.30. The number of benzene rings is 1. The Hall–Kier alpha value is -1.78. The molecule has 0 spiro atoms. The summed E-state index contributed by atoms with van der Waals surface area (Å²) in [4.78, 5) is 31.2. The van der Waals surface area contributed by atoms with Crippen molar-refractivity contribution in [3.8, 4) is 0 Å². The van der Waals surface area contributed by atoms with Crippen LogP contribution in [-0.2, 0) is 26.0 Å². The number of fused-ring (bicyclic) bond motifs is 1. The minimum absolute atomic E-state index is 0.0765. The maximum Gasteiger partial charge on any atom is 0.263 e. The van der Waals surface area contributed by atoms with E-state index in [1.807, 2.05) is 29.7 Å². The van der Waals surface area contributed by atoms with Crippen molar-refractivity contribution < 1.29 is 18.0 Å². The maximum atomic E-state index is 12.6. The van der Waals surface area contributed by atoms with E-state index in [0.29, 0.717) is 17.9 Å². The summed E-state index contributed by atoms with van der Waals surface area (Å²) in [7, 11) is -3.91. The first kappa shape index (κ1) is 23.9. The Morgan fingerprint density at radius 2 is 2.10 bits per heavy atom. The van der Waals surface area contributed by atoms with Gasteiger partial charge in [-0.2, -0.15) is 4.99 Å². The maximum absolute atomic E-state index is 12.6. The van der Waals surface area contributed by atoms with Crippen molar-refractivity contribution in [2.45, 2.75) is 45.2 Å². The van der Waals surface area contributed by atoms with E-state index in [-0.39, 0.29) is 6.04 Å². The molecule has 1 aliphatic heterocycles. The van der Waals surface area contributed by atoms with Gasteiger partial charge in [0, 0.05) is 23.6 Å². The summed E-state index contributed by atoms with van der Waals surface area (Å²) >= 11 is 4.73. The second-order valence-electron chi connectivity index (χ2n) is 7.58. The lowest BCUT2D eigenvalue weighted by molar-refractivity contribution is -0.132. The summed E-state index contributed by atoms with van der Waals surface area (Å²) in [5.41, 5.74) is 0.883. The van der Waals surface area contributed by atoms with Gasteiger partial charge in [0.1, 0.15) is 11.5 Å². The van der Waals surface area contributed by atoms with Crippen LogP contribution in [0.5, 0.6) is 0 Å². The van der Waals surface area contributed by atoms with Gasteiger partial charge in [-0.3, -0.25) is 9.59 Å². The first-order chi connectivity index (χ1) is 14.7. The van der Waals surface area contributed by atoms with E-state index in [1.54, 1.807) is 11.0 Å². The fraction of sp³-hybridized carbons (Fsp3) is 0.476. The molecule has 1 fully saturated rings. The quantitative estimate of drug-likeness (QED) is 0.516. The molecule has 3 rings (SSSR count). The molecule has 0 saturated carbocycles. The number of hydrogen-bond donors (Lipinski definition) is 0. The van der Waals surface area contributed by atoms with Gasteiger partial charge in [0.25, 0.3) is 5.91 Å². The molecule has 7 nitrogen and oxygen atoms in total. The Kier molecular flexibility index (Phi) is 7.87. The van der Waals surface area contributed by atoms with Crippen molar-refractivity contribution in [2.75, 3.05) is 18.1 Å². The van der Waals surface area contributed by atoms with Crippen molar-refractivity contribution in [3.05, 3.63) is 40.1 Å². The molecule has 1 saturated heterocycles. The summed E-state index contributed by atoms with van der Waals surface area (Å²) in [6, 6.07) is 5.79. The van der Waals surface area contributed by atoms with Crippen molar-refractivity contribution >= 4 is 59.1 Å². The Morgan fingerprint density at radius 3 is 2.81 bits per heavy atom. The first-order valence-electron chi connectivity index (χ1n) is 10.2. The number of likely N-dealkylation sites (tertiary alicyclic amines) is 1. The van der Waals surface area contributed by atoms with Gasteiger partial charge >= 0.3 is 0 Å². The molecule has 2 aromatic rings. The van der Waals surface area contributed by atoms with E-state index in [4.69, 9.17) is 0 Å². The minimum atomic E-state index is -3.91. The van der Waals surface area contributed by atoms with Gasteiger partial charge in [0.05, 0.1) is 10.2 Å². The normalized spacial score (nSPS) is 17.8. The molecule has 1 aliphatic rings. The molecular weight excluding hydrogens is 502 g/mol. The van der Waals surface area contributed by atoms with Gasteiger partial charge in [0.2, 0.25) is 5.91 Å². The number of nitrogens with zero attached hydrogens (tertiary/aromatic N) is 3. The molecule has 1 unspecified atom stereocenters. The molecule has 168 valence electrons. The number of carbonyl (C=O) groups excluding carboxylic acids is 2. The number of aromatic nitrogens is 1. The number of rotatable bonds is 7. The fourth-order valence-electron chi connectivity index (χ4n) is 3.84. The highest BCUT2D eigenvalue weighted by atomic mass is 79.9. The van der Waals surface area contributed by atoms with Gasteiger partial charge in [0.15, 0.2) is 14.6 Å². The number of sulfone groups is 1. The highest BCUT2D eigenvalue weighted by Crippen LogP contribution is 2.22. The zero-order chi connectivity index (χ0) is 22.6. The Balaban J connectivity index is 1.79. The molecule has 10 heteroatoms. The Labute approximate surface area is 194 Å². The average Bonchev–Trinajstić information content (AvgIpc) is 3.03. The summed E-state index contributed by atoms with van der Waals surface area (Å²) in [5.74, 6) is -2.64. The number of thiazole rings is 1. The van der Waals surface area contributed by atoms with Crippen LogP contribution in [0.3, 0.4) is 0 Å². The van der Waals surface area contributed by atoms with E-state index in [9.17, 15) is 18.0 Å². The molecule has 1 aromatic carbocycles. The van der Waals surface area contributed by atoms with E-state index in [2.05, 4.69) is 27.5 Å². The molecular formula is C21H26BrN3O4S2. The molecule has 1 aromatic heterocycles. The van der Waals surface area contributed by atoms with Crippen molar-refractivity contribution in [1.82, 2.24) is 9.47 Å². The molecule has 31 heavy (non-hydrogen) atoms. The Morgan fingerprint density at radius 1 is 1.32 bits per heavy atom. The molecule has 1 atom stereocenters. The second kappa shape index (κ2) is 10.2. The van der Waals surface area contributed by atoms with Gasteiger partial charge in [-0.25, -0.2) is 8.42 Å². The van der Waals surface area contributed by atoms with E-state index in [1.165, 1.54) is 11.3 Å². The molecule has 2 heterocycles. The van der Waals surface area contributed by atoms with Crippen LogP contribution in [0, 0.1) is 0 Å². The standard InChI is InChI=1S/C21H26BrN3O4S2/c1-3-10-25-17-9-8-15(22)12-18(17)30-21(25)23-19(26)13-31(28,29)14-20(27)24-11-6-5-7-16(24)4-2/h3,8-9,12,16H,1,4-7,10-11,13-14H2,2H3. The molecule has 0 aliphatic carbocycles. The highest BCUT2D eigenvalue weighted by Gasteiger charge is 2.29. The van der Waals surface area contributed by atoms with Crippen LogP contribution in [0.2, 0.25) is 0 Å². The van der Waals surface area contributed by atoms with E-state index < -0.39 is 33.2 Å². The van der Waals surface area contributed by atoms with E-state index in [0.717, 1.165) is 40.4 Å². The lowest BCUT2D eigenvalue weighted by Crippen LogP contribution is -2.46. The average molecular weight is 528 g/mol. The highest BCUT2D eigenvalue weighted by molar-refractivity contribution is 9.10. The largest absolute Gasteiger partial charge is 0.339 e. The topological polar surface area (TPSA) is 88.8 Å². The smallest absolute Gasteiger partial charge is 0.263 e. The molecule has 0 radical (unpaired) electrons. The number of carbonyl (C=O) groups is 2. The van der Waals surface area contributed by atoms with Crippen molar-refractivity contribution in [1.29, 1.82) is 0 Å². The lowest BCUT2D eigenvalue weighted by Gasteiger charge is -2.35. The monoisotopic (exact) mass is 527 g/mol. The van der Waals surface area contributed by atoms with E-state index >= 15 is 0 Å². The third-order valence-electron chi connectivity index (χ3n) is 5.28. The fourth-order valence-corrected chi connectivity index (χ4v) is 6.53. The summed E-state index contributed by atoms with van der Waals surface area (Å²) in [6.45, 7) is 6.75. The molecule has 0 bridgehead atoms. The van der Waals surface area contributed by atoms with Crippen LogP contribution >= 0.6 is 27.3 Å². The van der Waals surface area contributed by atoms with Crippen LogP contribution in [0.1, 0.15) is 32.6 Å². The zero-order valence-electron chi connectivity index (χ0n) is 17.4. The lowest BCUT2D eigenvalue weighted by atomic mass is 10.0. The number of piperidine rings is 1. The summed E-state index contributed by atoms with van der Waals surface area (Å²) < 4.78 is 28.7. The minimum Gasteiger partial charge on any atom is -0.339 e. The zero-order valence-corrected chi connectivity index (χ0v) is 20.6. The Bertz CT molecular complexity index is 1170. The van der Waals surface area contributed by atoms with Crippen LogP contribution in [0.15, 0.2) is 40.3 Å². The second-order valence-corrected chi connectivity index (χ2v) is 11.6. The van der Waals surface area contributed by atoms with Gasteiger partial charge < -0.3 is 9.47 Å². The predicted molar refractivity (Wildman–Crippen MR) is 127 cm³/mol. The van der Waals surface area contributed by atoms with Crippen LogP contribution < -0.4 is 4.80 Å². The number of halogens is 1. The van der Waals surface area contributed by atoms with Gasteiger partial charge in [-0.15, -0.1) is 6.58 Å². The number of amides is 2. The van der Waals surface area contributed by atoms with Crippen molar-refractivity contribution in [2.24, 2.45) is 4.99 Å². The predicted octanol–water partition coefficient (Wildman–Crippen LogP) is 3.28. The summed E-state index contributed by atoms with van der Waals surface area (Å²) in [5, 5.41) is 0. The van der Waals surface area contributed by atoms with Crippen LogP contribution in [-0.4, -0.2) is 53.8 Å². The first-order valence-corrected chi connectivity index (χ1v) is 13.6. The van der Waals surface area contributed by atoms with Crippen molar-refractivity contribution in [3.63, 3.8) is 0 Å².